The standard InChI is InChI=1S/C13H19FN2O2S/c1-9-5-12(6-11(7-15)13(9)14)19(17,18)16(2)8-10-3-4-10/h5-6,10H,3-4,7-8,15H2,1-2H3. The van der Waals surface area contributed by atoms with Crippen molar-refractivity contribution in [1.82, 2.24) is 4.31 Å². The van der Waals surface area contributed by atoms with Crippen molar-refractivity contribution in [3.8, 4) is 0 Å². The third-order valence-corrected chi connectivity index (χ3v) is 5.24. The van der Waals surface area contributed by atoms with Crippen LogP contribution in [0.4, 0.5) is 4.39 Å². The second-order valence-corrected chi connectivity index (χ2v) is 7.19. The number of benzene rings is 1. The summed E-state index contributed by atoms with van der Waals surface area (Å²) in [6, 6.07) is 2.70. The second kappa shape index (κ2) is 5.19. The van der Waals surface area contributed by atoms with Gasteiger partial charge in [0.1, 0.15) is 5.82 Å². The van der Waals surface area contributed by atoms with Gasteiger partial charge in [0.25, 0.3) is 0 Å². The molecule has 1 aliphatic rings. The molecule has 1 aromatic rings. The summed E-state index contributed by atoms with van der Waals surface area (Å²) in [5.74, 6) is 0.0431. The van der Waals surface area contributed by atoms with Gasteiger partial charge in [0.2, 0.25) is 10.0 Å². The van der Waals surface area contributed by atoms with Gasteiger partial charge in [0.15, 0.2) is 0 Å². The Kier molecular flexibility index (Phi) is 3.94. The summed E-state index contributed by atoms with van der Waals surface area (Å²) in [4.78, 5) is 0.120. The number of aryl methyl sites for hydroxylation is 1. The molecule has 1 aliphatic carbocycles. The third kappa shape index (κ3) is 2.96. The lowest BCUT2D eigenvalue weighted by Crippen LogP contribution is -2.29. The molecule has 0 heterocycles. The van der Waals surface area contributed by atoms with E-state index < -0.39 is 15.8 Å². The number of halogens is 1. The Balaban J connectivity index is 2.36. The largest absolute Gasteiger partial charge is 0.326 e. The molecule has 2 rings (SSSR count). The van der Waals surface area contributed by atoms with E-state index in [0.29, 0.717) is 18.0 Å². The first-order valence-corrected chi connectivity index (χ1v) is 7.75. The Hall–Kier alpha value is -0.980. The fourth-order valence-electron chi connectivity index (χ4n) is 2.05. The van der Waals surface area contributed by atoms with Crippen LogP contribution in [0.3, 0.4) is 0 Å². The molecule has 1 fully saturated rings. The molecular formula is C13H19FN2O2S. The van der Waals surface area contributed by atoms with Crippen molar-refractivity contribution >= 4 is 10.0 Å². The summed E-state index contributed by atoms with van der Waals surface area (Å²) in [6.07, 6.45) is 2.16. The van der Waals surface area contributed by atoms with E-state index in [9.17, 15) is 12.8 Å². The summed E-state index contributed by atoms with van der Waals surface area (Å²) in [5.41, 5.74) is 5.99. The highest BCUT2D eigenvalue weighted by Gasteiger charge is 2.29. The molecule has 1 aromatic carbocycles. The molecule has 0 aliphatic heterocycles. The van der Waals surface area contributed by atoms with Gasteiger partial charge in [-0.1, -0.05) is 0 Å². The number of rotatable bonds is 5. The summed E-state index contributed by atoms with van der Waals surface area (Å²) in [6.45, 7) is 2.06. The van der Waals surface area contributed by atoms with E-state index in [-0.39, 0.29) is 17.0 Å². The van der Waals surface area contributed by atoms with Crippen LogP contribution in [0, 0.1) is 18.7 Å². The maximum atomic E-state index is 13.7. The smallest absolute Gasteiger partial charge is 0.242 e. The Bertz CT molecular complexity index is 583. The molecule has 1 saturated carbocycles. The average Bonchev–Trinajstić information content (AvgIpc) is 3.16. The highest BCUT2D eigenvalue weighted by atomic mass is 32.2. The number of sulfonamides is 1. The number of hydrogen-bond acceptors (Lipinski definition) is 3. The first-order chi connectivity index (χ1) is 8.86. The van der Waals surface area contributed by atoms with Gasteiger partial charge in [0, 0.05) is 25.7 Å². The minimum Gasteiger partial charge on any atom is -0.326 e. The first kappa shape index (κ1) is 14.4. The predicted octanol–water partition coefficient (Wildman–Crippen LogP) is 1.62. The van der Waals surface area contributed by atoms with Crippen LogP contribution in [0.5, 0.6) is 0 Å². The topological polar surface area (TPSA) is 63.4 Å². The lowest BCUT2D eigenvalue weighted by atomic mass is 10.1. The maximum absolute atomic E-state index is 13.7. The fraction of sp³-hybridized carbons (Fsp3) is 0.538. The van der Waals surface area contributed by atoms with Crippen LogP contribution in [0.1, 0.15) is 24.0 Å². The molecule has 106 valence electrons. The number of hydrogen-bond donors (Lipinski definition) is 1. The van der Waals surface area contributed by atoms with E-state index in [1.54, 1.807) is 14.0 Å². The van der Waals surface area contributed by atoms with E-state index in [1.165, 1.54) is 16.4 Å². The Morgan fingerprint density at radius 3 is 2.58 bits per heavy atom. The molecule has 0 amide bonds. The zero-order valence-electron chi connectivity index (χ0n) is 11.2. The first-order valence-electron chi connectivity index (χ1n) is 6.31. The Labute approximate surface area is 113 Å². The van der Waals surface area contributed by atoms with Crippen LogP contribution in [0.15, 0.2) is 17.0 Å². The van der Waals surface area contributed by atoms with Crippen molar-refractivity contribution in [3.05, 3.63) is 29.1 Å². The molecule has 0 unspecified atom stereocenters. The van der Waals surface area contributed by atoms with Crippen LogP contribution in [-0.4, -0.2) is 26.3 Å². The summed E-state index contributed by atoms with van der Waals surface area (Å²) >= 11 is 0. The number of nitrogens with zero attached hydrogens (tertiary/aromatic N) is 1. The van der Waals surface area contributed by atoms with E-state index >= 15 is 0 Å². The normalized spacial score (nSPS) is 16.1. The predicted molar refractivity (Wildman–Crippen MR) is 71.6 cm³/mol. The van der Waals surface area contributed by atoms with Crippen LogP contribution >= 0.6 is 0 Å². The summed E-state index contributed by atoms with van der Waals surface area (Å²) < 4.78 is 39.8. The fourth-order valence-corrected chi connectivity index (χ4v) is 3.43. The quantitative estimate of drug-likeness (QED) is 0.894. The van der Waals surface area contributed by atoms with Gasteiger partial charge in [-0.15, -0.1) is 0 Å². The third-order valence-electron chi connectivity index (χ3n) is 3.44. The van der Waals surface area contributed by atoms with E-state index in [4.69, 9.17) is 5.73 Å². The summed E-state index contributed by atoms with van der Waals surface area (Å²) in [5, 5.41) is 0. The van der Waals surface area contributed by atoms with Crippen molar-refractivity contribution in [2.75, 3.05) is 13.6 Å². The minimum absolute atomic E-state index is 0.0115. The van der Waals surface area contributed by atoms with Gasteiger partial charge >= 0.3 is 0 Å². The van der Waals surface area contributed by atoms with Crippen molar-refractivity contribution < 1.29 is 12.8 Å². The van der Waals surface area contributed by atoms with Crippen LogP contribution < -0.4 is 5.73 Å². The van der Waals surface area contributed by atoms with Crippen molar-refractivity contribution in [3.63, 3.8) is 0 Å². The van der Waals surface area contributed by atoms with E-state index in [1.807, 2.05) is 0 Å². The molecule has 0 aromatic heterocycles. The Morgan fingerprint density at radius 2 is 2.05 bits per heavy atom. The summed E-state index contributed by atoms with van der Waals surface area (Å²) in [7, 11) is -1.99. The molecule has 4 nitrogen and oxygen atoms in total. The highest BCUT2D eigenvalue weighted by Crippen LogP contribution is 2.31. The lowest BCUT2D eigenvalue weighted by Gasteiger charge is -2.18. The van der Waals surface area contributed by atoms with Crippen molar-refractivity contribution in [1.29, 1.82) is 0 Å². The van der Waals surface area contributed by atoms with Gasteiger partial charge in [0.05, 0.1) is 4.90 Å². The maximum Gasteiger partial charge on any atom is 0.242 e. The minimum atomic E-state index is -3.55. The van der Waals surface area contributed by atoms with Crippen molar-refractivity contribution in [2.24, 2.45) is 11.7 Å². The van der Waals surface area contributed by atoms with E-state index in [2.05, 4.69) is 0 Å². The zero-order valence-corrected chi connectivity index (χ0v) is 12.0. The van der Waals surface area contributed by atoms with Crippen molar-refractivity contribution in [2.45, 2.75) is 31.2 Å². The molecule has 0 spiro atoms. The SMILES string of the molecule is Cc1cc(S(=O)(=O)N(C)CC2CC2)cc(CN)c1F. The van der Waals surface area contributed by atoms with Crippen LogP contribution in [-0.2, 0) is 16.6 Å². The van der Waals surface area contributed by atoms with Crippen LogP contribution in [0.25, 0.3) is 0 Å². The zero-order chi connectivity index (χ0) is 14.2. The molecule has 0 radical (unpaired) electrons. The molecule has 0 saturated heterocycles. The van der Waals surface area contributed by atoms with Gasteiger partial charge in [-0.25, -0.2) is 17.1 Å². The highest BCUT2D eigenvalue weighted by molar-refractivity contribution is 7.89. The molecule has 2 N–H and O–H groups in total. The molecule has 19 heavy (non-hydrogen) atoms. The number of nitrogens with two attached hydrogens (primary N) is 1. The Morgan fingerprint density at radius 1 is 1.42 bits per heavy atom. The van der Waals surface area contributed by atoms with E-state index in [0.717, 1.165) is 12.8 Å². The molecule has 0 bridgehead atoms. The average molecular weight is 286 g/mol. The molecular weight excluding hydrogens is 267 g/mol. The van der Waals surface area contributed by atoms with Crippen LogP contribution in [0.2, 0.25) is 0 Å². The van der Waals surface area contributed by atoms with Gasteiger partial charge in [-0.05, 0) is 43.4 Å². The molecule has 6 heteroatoms. The second-order valence-electron chi connectivity index (χ2n) is 5.15. The van der Waals surface area contributed by atoms with Gasteiger partial charge in [-0.3, -0.25) is 0 Å². The van der Waals surface area contributed by atoms with Gasteiger partial charge < -0.3 is 5.73 Å². The monoisotopic (exact) mass is 286 g/mol. The van der Waals surface area contributed by atoms with Gasteiger partial charge in [-0.2, -0.15) is 0 Å². The lowest BCUT2D eigenvalue weighted by molar-refractivity contribution is 0.452. The molecule has 0 atom stereocenters.